The Morgan fingerprint density at radius 1 is 1.19 bits per heavy atom. The summed E-state index contributed by atoms with van der Waals surface area (Å²) in [4.78, 5) is 33.5. The number of aromatic nitrogens is 6. The molecule has 0 spiro atoms. The van der Waals surface area contributed by atoms with E-state index in [0.29, 0.717) is 29.3 Å². The number of Topliss-reactive ketones (excluding diaryl/α,β-unsaturated/α-hetero) is 1. The fraction of sp³-hybridized carbons (Fsp3) is 0.190. The molecule has 0 aliphatic heterocycles. The molecule has 1 amide bonds. The Labute approximate surface area is 186 Å². The number of tetrazole rings is 1. The van der Waals surface area contributed by atoms with Crippen LogP contribution in [0.15, 0.2) is 64.5 Å². The van der Waals surface area contributed by atoms with Crippen molar-refractivity contribution in [2.75, 3.05) is 11.1 Å². The van der Waals surface area contributed by atoms with Gasteiger partial charge in [-0.3, -0.25) is 14.9 Å². The molecule has 1 N–H and O–H groups in total. The van der Waals surface area contributed by atoms with Crippen molar-refractivity contribution in [3.63, 3.8) is 0 Å². The van der Waals surface area contributed by atoms with E-state index >= 15 is 0 Å². The molecule has 11 heteroatoms. The second-order valence-electron chi connectivity index (χ2n) is 7.14. The predicted molar refractivity (Wildman–Crippen MR) is 115 cm³/mol. The maximum atomic E-state index is 12.5. The summed E-state index contributed by atoms with van der Waals surface area (Å²) in [6.45, 7) is 0. The molecule has 0 unspecified atom stereocenters. The van der Waals surface area contributed by atoms with Crippen molar-refractivity contribution in [1.82, 2.24) is 30.2 Å². The summed E-state index contributed by atoms with van der Waals surface area (Å²) in [5.41, 5.74) is 1.89. The minimum atomic E-state index is -0.303. The molecule has 1 atom stereocenters. The van der Waals surface area contributed by atoms with E-state index in [4.69, 9.17) is 4.42 Å². The lowest BCUT2D eigenvalue weighted by Crippen LogP contribution is -2.22. The molecular weight excluding hydrogens is 430 g/mol. The molecule has 10 nitrogen and oxygen atoms in total. The number of anilines is 1. The molecule has 4 aromatic rings. The van der Waals surface area contributed by atoms with E-state index in [1.54, 1.807) is 17.0 Å². The van der Waals surface area contributed by atoms with Gasteiger partial charge < -0.3 is 4.42 Å². The van der Waals surface area contributed by atoms with Gasteiger partial charge in [0, 0.05) is 25.0 Å². The highest BCUT2D eigenvalue weighted by Gasteiger charge is 2.29. The van der Waals surface area contributed by atoms with Crippen LogP contribution in [0.4, 0.5) is 5.95 Å². The zero-order valence-electron chi connectivity index (χ0n) is 16.7. The Hall–Kier alpha value is -3.86. The standard InChI is InChI=1S/C21H17N7O3S/c29-17-10-13(18-7-4-8-31-18)9-16-15(17)11-22-20(23-16)24-19(30)12-32-21-25-26-27-28(21)14-5-2-1-3-6-14/h1-8,11,13H,9-10,12H2,(H,22,23,24,30)/t13-/m1/s1. The molecule has 5 rings (SSSR count). The molecule has 1 aliphatic carbocycles. The van der Waals surface area contributed by atoms with Crippen molar-refractivity contribution >= 4 is 29.4 Å². The van der Waals surface area contributed by atoms with E-state index < -0.39 is 0 Å². The second kappa shape index (κ2) is 8.71. The fourth-order valence-corrected chi connectivity index (χ4v) is 4.21. The summed E-state index contributed by atoms with van der Waals surface area (Å²) in [5.74, 6) is 0.569. The Balaban J connectivity index is 1.25. The third-order valence-corrected chi connectivity index (χ3v) is 5.93. The fourth-order valence-electron chi connectivity index (χ4n) is 3.52. The normalized spacial score (nSPS) is 15.4. The number of hydrogen-bond acceptors (Lipinski definition) is 9. The van der Waals surface area contributed by atoms with E-state index in [1.165, 1.54) is 18.0 Å². The lowest BCUT2D eigenvalue weighted by molar-refractivity contribution is -0.113. The second-order valence-corrected chi connectivity index (χ2v) is 8.09. The molecule has 0 bridgehead atoms. The third kappa shape index (κ3) is 4.14. The third-order valence-electron chi connectivity index (χ3n) is 5.01. The van der Waals surface area contributed by atoms with Crippen LogP contribution in [0.25, 0.3) is 5.69 Å². The number of furan rings is 1. The van der Waals surface area contributed by atoms with Crippen LogP contribution in [-0.4, -0.2) is 47.6 Å². The van der Waals surface area contributed by atoms with Gasteiger partial charge in [0.15, 0.2) is 5.78 Å². The first-order valence-electron chi connectivity index (χ1n) is 9.86. The highest BCUT2D eigenvalue weighted by molar-refractivity contribution is 7.99. The van der Waals surface area contributed by atoms with E-state index in [-0.39, 0.29) is 29.3 Å². The molecule has 1 aromatic carbocycles. The minimum Gasteiger partial charge on any atom is -0.469 e. The van der Waals surface area contributed by atoms with Gasteiger partial charge in [0.2, 0.25) is 17.0 Å². The predicted octanol–water partition coefficient (Wildman–Crippen LogP) is 2.69. The van der Waals surface area contributed by atoms with Gasteiger partial charge >= 0.3 is 0 Å². The highest BCUT2D eigenvalue weighted by Crippen LogP contribution is 2.32. The van der Waals surface area contributed by atoms with E-state index in [9.17, 15) is 9.59 Å². The van der Waals surface area contributed by atoms with Gasteiger partial charge in [-0.25, -0.2) is 9.97 Å². The smallest absolute Gasteiger partial charge is 0.237 e. The summed E-state index contributed by atoms with van der Waals surface area (Å²) in [7, 11) is 0. The zero-order chi connectivity index (χ0) is 21.9. The van der Waals surface area contributed by atoms with Gasteiger partial charge in [0.1, 0.15) is 5.76 Å². The van der Waals surface area contributed by atoms with Crippen molar-refractivity contribution in [2.45, 2.75) is 23.9 Å². The van der Waals surface area contributed by atoms with Crippen LogP contribution in [0.2, 0.25) is 0 Å². The molecule has 160 valence electrons. The van der Waals surface area contributed by atoms with Gasteiger partial charge in [-0.15, -0.1) is 5.10 Å². The average Bonchev–Trinajstić information content (AvgIpc) is 3.50. The summed E-state index contributed by atoms with van der Waals surface area (Å²) in [6, 6.07) is 13.1. The van der Waals surface area contributed by atoms with E-state index in [2.05, 4.69) is 30.8 Å². The van der Waals surface area contributed by atoms with Crippen LogP contribution in [0.5, 0.6) is 0 Å². The number of carbonyl (C=O) groups is 2. The van der Waals surface area contributed by atoms with Gasteiger partial charge in [0.25, 0.3) is 0 Å². The number of fused-ring (bicyclic) bond motifs is 1. The van der Waals surface area contributed by atoms with Crippen LogP contribution in [0.3, 0.4) is 0 Å². The number of rotatable bonds is 6. The number of nitrogens with one attached hydrogen (secondary N) is 1. The van der Waals surface area contributed by atoms with Crippen LogP contribution < -0.4 is 5.32 Å². The molecule has 0 saturated heterocycles. The van der Waals surface area contributed by atoms with Gasteiger partial charge in [-0.1, -0.05) is 30.0 Å². The first-order chi connectivity index (χ1) is 15.7. The Morgan fingerprint density at radius 2 is 2.06 bits per heavy atom. The average molecular weight is 447 g/mol. The zero-order valence-corrected chi connectivity index (χ0v) is 17.5. The SMILES string of the molecule is O=C(CSc1nnnn1-c1ccccc1)Nc1ncc2c(n1)C[C@@H](c1ccco1)CC2=O. The quantitative estimate of drug-likeness (QED) is 0.444. The van der Waals surface area contributed by atoms with Crippen LogP contribution in [-0.2, 0) is 11.2 Å². The summed E-state index contributed by atoms with van der Waals surface area (Å²) >= 11 is 1.20. The lowest BCUT2D eigenvalue weighted by Gasteiger charge is -2.21. The molecule has 0 radical (unpaired) electrons. The number of ketones is 1. The Morgan fingerprint density at radius 3 is 2.88 bits per heavy atom. The van der Waals surface area contributed by atoms with Crippen molar-refractivity contribution in [2.24, 2.45) is 0 Å². The van der Waals surface area contributed by atoms with Crippen molar-refractivity contribution in [1.29, 1.82) is 0 Å². The van der Waals surface area contributed by atoms with E-state index in [0.717, 1.165) is 11.4 Å². The van der Waals surface area contributed by atoms with Gasteiger partial charge in [-0.2, -0.15) is 4.68 Å². The van der Waals surface area contributed by atoms with Crippen molar-refractivity contribution in [3.05, 3.63) is 71.9 Å². The Bertz CT molecular complexity index is 1260. The molecular formula is C21H17N7O3S. The number of amides is 1. The number of benzene rings is 1. The number of nitrogens with zero attached hydrogens (tertiary/aromatic N) is 6. The molecule has 1 aliphatic rings. The van der Waals surface area contributed by atoms with Crippen LogP contribution in [0, 0.1) is 0 Å². The van der Waals surface area contributed by atoms with E-state index in [1.807, 2.05) is 36.4 Å². The summed E-state index contributed by atoms with van der Waals surface area (Å²) < 4.78 is 7.02. The maximum absolute atomic E-state index is 12.5. The minimum absolute atomic E-state index is 0.0335. The van der Waals surface area contributed by atoms with Crippen LogP contribution in [0.1, 0.15) is 34.2 Å². The van der Waals surface area contributed by atoms with Crippen LogP contribution >= 0.6 is 11.8 Å². The molecule has 3 heterocycles. The molecule has 3 aromatic heterocycles. The topological polar surface area (TPSA) is 129 Å². The highest BCUT2D eigenvalue weighted by atomic mass is 32.2. The number of para-hydroxylation sites is 1. The monoisotopic (exact) mass is 447 g/mol. The molecule has 32 heavy (non-hydrogen) atoms. The number of thioether (sulfide) groups is 1. The van der Waals surface area contributed by atoms with Crippen molar-refractivity contribution in [3.8, 4) is 5.69 Å². The van der Waals surface area contributed by atoms with Gasteiger partial charge in [0.05, 0.1) is 29.0 Å². The maximum Gasteiger partial charge on any atom is 0.237 e. The van der Waals surface area contributed by atoms with Crippen molar-refractivity contribution < 1.29 is 14.0 Å². The summed E-state index contributed by atoms with van der Waals surface area (Å²) in [6.07, 6.45) is 3.96. The lowest BCUT2D eigenvalue weighted by atomic mass is 9.85. The van der Waals surface area contributed by atoms with Gasteiger partial charge in [-0.05, 0) is 34.7 Å². The largest absolute Gasteiger partial charge is 0.469 e. The summed E-state index contributed by atoms with van der Waals surface area (Å²) in [5, 5.41) is 14.8. The Kier molecular flexibility index (Phi) is 5.46. The molecule has 0 saturated carbocycles. The first kappa shape index (κ1) is 20.1. The first-order valence-corrected chi connectivity index (χ1v) is 10.8. The number of carbonyl (C=O) groups excluding carboxylic acids is 2. The number of hydrogen-bond donors (Lipinski definition) is 1. The molecule has 0 fully saturated rings.